The third-order valence-electron chi connectivity index (χ3n) is 7.69. The minimum atomic E-state index is -0.515. The van der Waals surface area contributed by atoms with Crippen LogP contribution in [0.3, 0.4) is 0 Å². The van der Waals surface area contributed by atoms with Crippen molar-refractivity contribution in [3.63, 3.8) is 0 Å². The zero-order chi connectivity index (χ0) is 23.8. The normalized spacial score (nSPS) is 19.2. The summed E-state index contributed by atoms with van der Waals surface area (Å²) in [4.78, 5) is 20.5. The van der Waals surface area contributed by atoms with Crippen molar-refractivity contribution in [3.8, 4) is 11.5 Å². The third kappa shape index (κ3) is 4.16. The first-order valence-electron chi connectivity index (χ1n) is 12.6. The lowest BCUT2D eigenvalue weighted by Gasteiger charge is -2.35. The molecule has 6 nitrogen and oxygen atoms in total. The van der Waals surface area contributed by atoms with Gasteiger partial charge in [-0.15, -0.1) is 0 Å². The number of pyridine rings is 1. The van der Waals surface area contributed by atoms with E-state index in [0.717, 1.165) is 42.8 Å². The Morgan fingerprint density at radius 2 is 1.80 bits per heavy atom. The van der Waals surface area contributed by atoms with Gasteiger partial charge in [0.15, 0.2) is 11.5 Å². The smallest absolute Gasteiger partial charge is 0.236 e. The van der Waals surface area contributed by atoms with Gasteiger partial charge in [-0.05, 0) is 86.1 Å². The number of fused-ring (bicyclic) bond motifs is 1. The molecule has 35 heavy (non-hydrogen) atoms. The monoisotopic (exact) mass is 469 g/mol. The predicted molar refractivity (Wildman–Crippen MR) is 135 cm³/mol. The van der Waals surface area contributed by atoms with Gasteiger partial charge in [0.1, 0.15) is 5.82 Å². The van der Waals surface area contributed by atoms with Crippen LogP contribution < -0.4 is 14.8 Å². The number of nitrogens with one attached hydrogen (secondary N) is 1. The lowest BCUT2D eigenvalue weighted by atomic mass is 9.93. The first-order chi connectivity index (χ1) is 17.1. The number of hydrogen-bond donors (Lipinski definition) is 1. The van der Waals surface area contributed by atoms with Crippen molar-refractivity contribution in [1.29, 1.82) is 0 Å². The summed E-state index contributed by atoms with van der Waals surface area (Å²) < 4.78 is 10.9. The van der Waals surface area contributed by atoms with Crippen LogP contribution in [0, 0.1) is 6.92 Å². The summed E-state index contributed by atoms with van der Waals surface area (Å²) >= 11 is 0. The number of likely N-dealkylation sites (tertiary alicyclic amines) is 1. The van der Waals surface area contributed by atoms with E-state index in [-0.39, 0.29) is 18.7 Å². The second kappa shape index (κ2) is 9.00. The van der Waals surface area contributed by atoms with E-state index in [1.807, 2.05) is 30.5 Å². The number of nitrogens with zero attached hydrogens (tertiary/aromatic N) is 2. The van der Waals surface area contributed by atoms with Gasteiger partial charge in [-0.25, -0.2) is 4.98 Å². The highest BCUT2D eigenvalue weighted by Crippen LogP contribution is 2.51. The number of aryl methyl sites for hydroxylation is 1. The van der Waals surface area contributed by atoms with Gasteiger partial charge in [-0.3, -0.25) is 9.69 Å². The number of carbonyl (C=O) groups excluding carboxylic acids is 1. The third-order valence-corrected chi connectivity index (χ3v) is 7.69. The Morgan fingerprint density at radius 1 is 1.00 bits per heavy atom. The fourth-order valence-corrected chi connectivity index (χ4v) is 5.50. The van der Waals surface area contributed by atoms with Gasteiger partial charge in [0.05, 0.1) is 11.5 Å². The molecule has 0 radical (unpaired) electrons. The molecule has 3 heterocycles. The van der Waals surface area contributed by atoms with Crippen molar-refractivity contribution in [2.45, 2.75) is 50.5 Å². The van der Waals surface area contributed by atoms with Crippen molar-refractivity contribution >= 4 is 11.7 Å². The Balaban J connectivity index is 1.22. The zero-order valence-electron chi connectivity index (χ0n) is 20.1. The van der Waals surface area contributed by atoms with E-state index >= 15 is 0 Å². The van der Waals surface area contributed by atoms with Crippen LogP contribution in [0.4, 0.5) is 5.82 Å². The molecule has 2 aromatic carbocycles. The summed E-state index contributed by atoms with van der Waals surface area (Å²) in [6, 6.07) is 18.7. The van der Waals surface area contributed by atoms with Gasteiger partial charge >= 0.3 is 0 Å². The van der Waals surface area contributed by atoms with E-state index in [2.05, 4.69) is 52.5 Å². The fourth-order valence-electron chi connectivity index (χ4n) is 5.50. The van der Waals surface area contributed by atoms with E-state index in [4.69, 9.17) is 9.47 Å². The highest BCUT2D eigenvalue weighted by atomic mass is 16.7. The number of rotatable bonds is 6. The van der Waals surface area contributed by atoms with Gasteiger partial charge in [0, 0.05) is 6.20 Å². The fraction of sp³-hybridized carbons (Fsp3) is 0.379. The molecule has 0 spiro atoms. The molecule has 6 rings (SSSR count). The summed E-state index contributed by atoms with van der Waals surface area (Å²) in [5, 5.41) is 3.07. The summed E-state index contributed by atoms with van der Waals surface area (Å²) in [5.74, 6) is 2.03. The predicted octanol–water partition coefficient (Wildman–Crippen LogP) is 5.36. The van der Waals surface area contributed by atoms with Crippen LogP contribution >= 0.6 is 0 Å². The number of carbonyl (C=O) groups is 1. The second-order valence-corrected chi connectivity index (χ2v) is 9.94. The number of benzene rings is 2. The lowest BCUT2D eigenvalue weighted by molar-refractivity contribution is -0.118. The van der Waals surface area contributed by atoms with E-state index in [0.29, 0.717) is 11.6 Å². The van der Waals surface area contributed by atoms with Crippen LogP contribution in [-0.2, 0) is 10.2 Å². The summed E-state index contributed by atoms with van der Waals surface area (Å²) in [6.07, 6.45) is 7.33. The number of amides is 1. The molecular weight excluding hydrogens is 438 g/mol. The van der Waals surface area contributed by atoms with Gasteiger partial charge in [0.25, 0.3) is 0 Å². The topological polar surface area (TPSA) is 63.7 Å². The minimum Gasteiger partial charge on any atom is -0.454 e. The SMILES string of the molecule is Cc1ccccc1C(c1ccc(NC(=O)C2(c3ccc4c(c3)OCO4)CC2)nc1)N1CCCCC1. The molecule has 3 aromatic rings. The molecule has 1 saturated carbocycles. The van der Waals surface area contributed by atoms with Crippen LogP contribution in [0.15, 0.2) is 60.8 Å². The second-order valence-electron chi connectivity index (χ2n) is 9.94. The molecule has 1 N–H and O–H groups in total. The first kappa shape index (κ1) is 22.1. The molecule has 3 aliphatic rings. The van der Waals surface area contributed by atoms with Crippen molar-refractivity contribution in [3.05, 3.63) is 83.0 Å². The molecule has 1 aromatic heterocycles. The summed E-state index contributed by atoms with van der Waals surface area (Å²) in [5.41, 5.74) is 4.24. The number of aromatic nitrogens is 1. The van der Waals surface area contributed by atoms with Crippen molar-refractivity contribution in [2.75, 3.05) is 25.2 Å². The number of piperidine rings is 1. The molecule has 0 bridgehead atoms. The van der Waals surface area contributed by atoms with Gasteiger partial charge < -0.3 is 14.8 Å². The molecule has 1 saturated heterocycles. The standard InChI is InChI=1S/C29H31N3O3/c1-20-7-3-4-8-23(20)27(32-15-5-2-6-16-32)21-9-12-26(30-18-21)31-28(33)29(13-14-29)22-10-11-24-25(17-22)35-19-34-24/h3-4,7-12,17-18,27H,2,5-6,13-16,19H2,1H3,(H,30,31,33). The van der Waals surface area contributed by atoms with Gasteiger partial charge in [-0.2, -0.15) is 0 Å². The summed E-state index contributed by atoms with van der Waals surface area (Å²) in [6.45, 7) is 4.60. The molecular formula is C29H31N3O3. The van der Waals surface area contributed by atoms with Gasteiger partial charge in [0.2, 0.25) is 12.7 Å². The van der Waals surface area contributed by atoms with Crippen LogP contribution in [0.1, 0.15) is 60.4 Å². The van der Waals surface area contributed by atoms with Crippen LogP contribution in [-0.4, -0.2) is 35.7 Å². The average Bonchev–Trinajstić information content (AvgIpc) is 3.58. The Labute approximate surface area is 206 Å². The Hall–Kier alpha value is -3.38. The van der Waals surface area contributed by atoms with E-state index < -0.39 is 5.41 Å². The maximum absolute atomic E-state index is 13.3. The number of hydrogen-bond acceptors (Lipinski definition) is 5. The highest BCUT2D eigenvalue weighted by Gasteiger charge is 2.51. The van der Waals surface area contributed by atoms with Crippen molar-refractivity contribution in [2.24, 2.45) is 0 Å². The Bertz CT molecular complexity index is 1230. The van der Waals surface area contributed by atoms with Gasteiger partial charge in [-0.1, -0.05) is 42.8 Å². The quantitative estimate of drug-likeness (QED) is 0.526. The highest BCUT2D eigenvalue weighted by molar-refractivity contribution is 6.01. The van der Waals surface area contributed by atoms with E-state index in [1.54, 1.807) is 0 Å². The maximum atomic E-state index is 13.3. The molecule has 1 unspecified atom stereocenters. The van der Waals surface area contributed by atoms with Crippen LogP contribution in [0.2, 0.25) is 0 Å². The molecule has 1 aliphatic carbocycles. The first-order valence-corrected chi connectivity index (χ1v) is 12.6. The van der Waals surface area contributed by atoms with E-state index in [9.17, 15) is 4.79 Å². The Morgan fingerprint density at radius 3 is 2.54 bits per heavy atom. The average molecular weight is 470 g/mol. The molecule has 180 valence electrons. The molecule has 1 amide bonds. The minimum absolute atomic E-state index is 0.0110. The van der Waals surface area contributed by atoms with Crippen LogP contribution in [0.5, 0.6) is 11.5 Å². The van der Waals surface area contributed by atoms with Crippen LogP contribution in [0.25, 0.3) is 0 Å². The van der Waals surface area contributed by atoms with E-state index in [1.165, 1.54) is 30.4 Å². The molecule has 6 heteroatoms. The largest absolute Gasteiger partial charge is 0.454 e. The molecule has 2 fully saturated rings. The number of ether oxygens (including phenoxy) is 2. The Kier molecular flexibility index (Phi) is 5.69. The molecule has 1 atom stereocenters. The zero-order valence-corrected chi connectivity index (χ0v) is 20.1. The maximum Gasteiger partial charge on any atom is 0.236 e. The number of anilines is 1. The van der Waals surface area contributed by atoms with Crippen molar-refractivity contribution in [1.82, 2.24) is 9.88 Å². The molecule has 2 aliphatic heterocycles. The van der Waals surface area contributed by atoms with Crippen molar-refractivity contribution < 1.29 is 14.3 Å². The summed E-state index contributed by atoms with van der Waals surface area (Å²) in [7, 11) is 0. The lowest BCUT2D eigenvalue weighted by Crippen LogP contribution is -2.34.